The molecule has 0 bridgehead atoms. The average molecular weight is 466 g/mol. The van der Waals surface area contributed by atoms with Gasteiger partial charge in [-0.1, -0.05) is 18.2 Å². The maximum absolute atomic E-state index is 12.2. The number of para-hydroxylation sites is 1. The van der Waals surface area contributed by atoms with Gasteiger partial charge in [-0.3, -0.25) is 4.79 Å². The van der Waals surface area contributed by atoms with Crippen LogP contribution in [0.15, 0.2) is 51.5 Å². The molecule has 1 amide bonds. The number of benzene rings is 2. The normalized spacial score (nSPS) is 10.8. The van der Waals surface area contributed by atoms with E-state index in [0.29, 0.717) is 13.0 Å². The van der Waals surface area contributed by atoms with Crippen molar-refractivity contribution in [3.63, 3.8) is 0 Å². The van der Waals surface area contributed by atoms with E-state index in [0.717, 1.165) is 32.2 Å². The van der Waals surface area contributed by atoms with Crippen molar-refractivity contribution < 1.29 is 9.53 Å². The Morgan fingerprint density at radius 2 is 1.92 bits per heavy atom. The number of fused-ring (bicyclic) bond motifs is 1. The molecule has 0 unspecified atom stereocenters. The smallest absolute Gasteiger partial charge is 0.224 e. The minimum atomic E-state index is 0.00353. The summed E-state index contributed by atoms with van der Waals surface area (Å²) in [4.78, 5) is 15.5. The standard InChI is InChI=1S/C19H18Br2N2O2/c1-25-19-15(20)8-12(9-16(19)21)10-18(24)22-7-6-13-11-23-17-5-3-2-4-14(13)17/h2-5,8-9,11,23H,6-7,10H2,1H3,(H,22,24). The summed E-state index contributed by atoms with van der Waals surface area (Å²) in [6, 6.07) is 12.0. The molecule has 0 aliphatic heterocycles. The summed E-state index contributed by atoms with van der Waals surface area (Å²) < 4.78 is 6.93. The predicted octanol–water partition coefficient (Wildman–Crippen LogP) is 4.60. The Morgan fingerprint density at radius 1 is 1.20 bits per heavy atom. The van der Waals surface area contributed by atoms with Gasteiger partial charge in [0.05, 0.1) is 22.5 Å². The van der Waals surface area contributed by atoms with Crippen LogP contribution in [0.5, 0.6) is 5.75 Å². The Hall–Kier alpha value is -1.79. The van der Waals surface area contributed by atoms with Gasteiger partial charge >= 0.3 is 0 Å². The second-order valence-electron chi connectivity index (χ2n) is 5.73. The van der Waals surface area contributed by atoms with Crippen molar-refractivity contribution in [2.24, 2.45) is 0 Å². The number of hydrogen-bond donors (Lipinski definition) is 2. The van der Waals surface area contributed by atoms with Gasteiger partial charge in [0.15, 0.2) is 0 Å². The van der Waals surface area contributed by atoms with Gasteiger partial charge in [-0.15, -0.1) is 0 Å². The van der Waals surface area contributed by atoms with E-state index in [1.165, 1.54) is 10.9 Å². The van der Waals surface area contributed by atoms with Crippen molar-refractivity contribution in [3.05, 3.63) is 62.7 Å². The monoisotopic (exact) mass is 464 g/mol. The van der Waals surface area contributed by atoms with Gasteiger partial charge in [-0.2, -0.15) is 0 Å². The van der Waals surface area contributed by atoms with E-state index < -0.39 is 0 Å². The summed E-state index contributed by atoms with van der Waals surface area (Å²) in [7, 11) is 1.61. The Bertz CT molecular complexity index is 882. The topological polar surface area (TPSA) is 54.1 Å². The highest BCUT2D eigenvalue weighted by Gasteiger charge is 2.11. The van der Waals surface area contributed by atoms with Crippen LogP contribution in [-0.4, -0.2) is 24.5 Å². The molecule has 130 valence electrons. The quantitative estimate of drug-likeness (QED) is 0.558. The summed E-state index contributed by atoms with van der Waals surface area (Å²) in [6.07, 6.45) is 3.13. The highest BCUT2D eigenvalue weighted by molar-refractivity contribution is 9.11. The Balaban J connectivity index is 1.56. The molecule has 6 heteroatoms. The lowest BCUT2D eigenvalue weighted by molar-refractivity contribution is -0.120. The van der Waals surface area contributed by atoms with Crippen LogP contribution in [0.2, 0.25) is 0 Å². The van der Waals surface area contributed by atoms with Crippen LogP contribution in [0.4, 0.5) is 0 Å². The first kappa shape index (κ1) is 18.0. The first-order valence-corrected chi connectivity index (χ1v) is 9.50. The third-order valence-corrected chi connectivity index (χ3v) is 5.20. The van der Waals surface area contributed by atoms with Crippen molar-refractivity contribution in [1.82, 2.24) is 10.3 Å². The van der Waals surface area contributed by atoms with E-state index in [1.54, 1.807) is 7.11 Å². The lowest BCUT2D eigenvalue weighted by atomic mass is 10.1. The molecule has 1 heterocycles. The Kier molecular flexibility index (Phi) is 5.81. The fourth-order valence-corrected chi connectivity index (χ4v) is 4.44. The molecule has 0 aliphatic rings. The first-order valence-electron chi connectivity index (χ1n) is 7.92. The van der Waals surface area contributed by atoms with E-state index in [9.17, 15) is 4.79 Å². The van der Waals surface area contributed by atoms with Gasteiger partial charge in [-0.25, -0.2) is 0 Å². The van der Waals surface area contributed by atoms with Crippen LogP contribution in [-0.2, 0) is 17.6 Å². The molecule has 0 saturated heterocycles. The average Bonchev–Trinajstić information content (AvgIpc) is 2.98. The van der Waals surface area contributed by atoms with E-state index in [4.69, 9.17) is 4.74 Å². The van der Waals surface area contributed by atoms with Gasteiger partial charge in [0.2, 0.25) is 5.91 Å². The second kappa shape index (κ2) is 8.06. The number of H-pyrrole nitrogens is 1. The van der Waals surface area contributed by atoms with Gasteiger partial charge in [0.1, 0.15) is 5.75 Å². The molecule has 25 heavy (non-hydrogen) atoms. The molecular weight excluding hydrogens is 448 g/mol. The second-order valence-corrected chi connectivity index (χ2v) is 7.44. The number of halogens is 2. The molecule has 4 nitrogen and oxygen atoms in total. The van der Waals surface area contributed by atoms with Crippen LogP contribution in [0.1, 0.15) is 11.1 Å². The van der Waals surface area contributed by atoms with Crippen molar-refractivity contribution in [2.45, 2.75) is 12.8 Å². The van der Waals surface area contributed by atoms with Gasteiger partial charge in [0.25, 0.3) is 0 Å². The van der Waals surface area contributed by atoms with E-state index >= 15 is 0 Å². The highest BCUT2D eigenvalue weighted by Crippen LogP contribution is 2.34. The van der Waals surface area contributed by atoms with Crippen LogP contribution in [0.3, 0.4) is 0 Å². The zero-order valence-electron chi connectivity index (χ0n) is 13.7. The Labute approximate surface area is 163 Å². The summed E-state index contributed by atoms with van der Waals surface area (Å²) >= 11 is 6.92. The van der Waals surface area contributed by atoms with Crippen molar-refractivity contribution in [3.8, 4) is 5.75 Å². The predicted molar refractivity (Wildman–Crippen MR) is 107 cm³/mol. The number of aromatic amines is 1. The van der Waals surface area contributed by atoms with Crippen LogP contribution < -0.4 is 10.1 Å². The fraction of sp³-hybridized carbons (Fsp3) is 0.211. The van der Waals surface area contributed by atoms with Crippen LogP contribution in [0.25, 0.3) is 10.9 Å². The van der Waals surface area contributed by atoms with Crippen LogP contribution >= 0.6 is 31.9 Å². The summed E-state index contributed by atoms with van der Waals surface area (Å²) in [5, 5.41) is 4.20. The number of aromatic nitrogens is 1. The molecule has 0 aliphatic carbocycles. The molecule has 2 N–H and O–H groups in total. The third kappa shape index (κ3) is 4.25. The number of rotatable bonds is 6. The number of amides is 1. The third-order valence-electron chi connectivity index (χ3n) is 4.02. The van der Waals surface area contributed by atoms with E-state index in [-0.39, 0.29) is 5.91 Å². The van der Waals surface area contributed by atoms with Crippen molar-refractivity contribution in [1.29, 1.82) is 0 Å². The first-order chi connectivity index (χ1) is 12.1. The zero-order chi connectivity index (χ0) is 17.8. The molecule has 2 aromatic carbocycles. The minimum Gasteiger partial charge on any atom is -0.494 e. The lowest BCUT2D eigenvalue weighted by Crippen LogP contribution is -2.27. The van der Waals surface area contributed by atoms with Gasteiger partial charge in [0, 0.05) is 23.6 Å². The number of methoxy groups -OCH3 is 1. The highest BCUT2D eigenvalue weighted by atomic mass is 79.9. The molecular formula is C19H18Br2N2O2. The van der Waals surface area contributed by atoms with Crippen LogP contribution in [0, 0.1) is 0 Å². The fourth-order valence-electron chi connectivity index (χ4n) is 2.83. The summed E-state index contributed by atoms with van der Waals surface area (Å²) in [6.45, 7) is 0.610. The number of ether oxygens (including phenoxy) is 1. The molecule has 0 atom stereocenters. The zero-order valence-corrected chi connectivity index (χ0v) is 16.9. The lowest BCUT2D eigenvalue weighted by Gasteiger charge is -2.10. The molecule has 3 rings (SSSR count). The van der Waals surface area contributed by atoms with E-state index in [2.05, 4.69) is 54.3 Å². The summed E-state index contributed by atoms with van der Waals surface area (Å²) in [5.74, 6) is 0.729. The summed E-state index contributed by atoms with van der Waals surface area (Å²) in [5.41, 5.74) is 3.26. The number of hydrogen-bond acceptors (Lipinski definition) is 2. The molecule has 0 spiro atoms. The maximum atomic E-state index is 12.2. The maximum Gasteiger partial charge on any atom is 0.224 e. The minimum absolute atomic E-state index is 0.00353. The Morgan fingerprint density at radius 3 is 2.64 bits per heavy atom. The molecule has 0 fully saturated rings. The molecule has 1 aromatic heterocycles. The number of carbonyl (C=O) groups is 1. The molecule has 0 radical (unpaired) electrons. The van der Waals surface area contributed by atoms with Crippen molar-refractivity contribution >= 4 is 48.7 Å². The van der Waals surface area contributed by atoms with Gasteiger partial charge < -0.3 is 15.0 Å². The molecule has 0 saturated carbocycles. The largest absolute Gasteiger partial charge is 0.494 e. The van der Waals surface area contributed by atoms with Gasteiger partial charge in [-0.05, 0) is 67.6 Å². The SMILES string of the molecule is COc1c(Br)cc(CC(=O)NCCc2c[nH]c3ccccc23)cc1Br. The van der Waals surface area contributed by atoms with E-state index in [1.807, 2.05) is 30.5 Å². The molecule has 3 aromatic rings. The number of nitrogens with one attached hydrogen (secondary N) is 2. The number of carbonyl (C=O) groups excluding carboxylic acids is 1. The van der Waals surface area contributed by atoms with Crippen molar-refractivity contribution in [2.75, 3.05) is 13.7 Å².